The van der Waals surface area contributed by atoms with Crippen LogP contribution in [0.15, 0.2) is 34.5 Å². The number of rotatable bonds is 13. The van der Waals surface area contributed by atoms with Crippen LogP contribution in [0, 0.1) is 0 Å². The van der Waals surface area contributed by atoms with Gasteiger partial charge in [0.05, 0.1) is 55.1 Å². The summed E-state index contributed by atoms with van der Waals surface area (Å²) in [6.07, 6.45) is 2.61. The number of amides is 2. The van der Waals surface area contributed by atoms with Gasteiger partial charge in [-0.3, -0.25) is 9.59 Å². The van der Waals surface area contributed by atoms with Crippen LogP contribution in [0.25, 0.3) is 0 Å². The van der Waals surface area contributed by atoms with Crippen molar-refractivity contribution in [3.8, 4) is 34.5 Å². The summed E-state index contributed by atoms with van der Waals surface area (Å²) in [5.74, 6) is 2.01. The summed E-state index contributed by atoms with van der Waals surface area (Å²) in [5.41, 5.74) is 5.86. The molecule has 0 fully saturated rings. The zero-order valence-electron chi connectivity index (χ0n) is 21.0. The van der Waals surface area contributed by atoms with Gasteiger partial charge in [0.15, 0.2) is 23.0 Å². The van der Waals surface area contributed by atoms with Crippen molar-refractivity contribution in [2.24, 2.45) is 10.2 Å². The Morgan fingerprint density at radius 3 is 1.19 bits per heavy atom. The molecule has 2 aromatic carbocycles. The summed E-state index contributed by atoms with van der Waals surface area (Å²) in [4.78, 5) is 24.1. The second-order valence-corrected chi connectivity index (χ2v) is 6.98. The Labute approximate surface area is 209 Å². The maximum Gasteiger partial charge on any atom is 0.240 e. The van der Waals surface area contributed by atoms with Gasteiger partial charge in [0.25, 0.3) is 0 Å². The molecular formula is C24H30N4O8. The minimum Gasteiger partial charge on any atom is -0.496 e. The molecule has 12 heteroatoms. The van der Waals surface area contributed by atoms with Crippen LogP contribution in [0.3, 0.4) is 0 Å². The Morgan fingerprint density at radius 1 is 0.583 bits per heavy atom. The van der Waals surface area contributed by atoms with Crippen LogP contribution in [-0.2, 0) is 9.59 Å². The van der Waals surface area contributed by atoms with Crippen LogP contribution in [0.2, 0.25) is 0 Å². The zero-order chi connectivity index (χ0) is 26.5. The van der Waals surface area contributed by atoms with E-state index in [0.717, 1.165) is 0 Å². The Balaban J connectivity index is 1.89. The third-order valence-corrected chi connectivity index (χ3v) is 4.84. The molecule has 36 heavy (non-hydrogen) atoms. The number of carbonyl (C=O) groups excluding carboxylic acids is 2. The first-order valence-electron chi connectivity index (χ1n) is 10.6. The van der Waals surface area contributed by atoms with E-state index in [4.69, 9.17) is 28.4 Å². The number of hydrogen-bond acceptors (Lipinski definition) is 10. The van der Waals surface area contributed by atoms with Crippen LogP contribution >= 0.6 is 0 Å². The molecule has 0 bridgehead atoms. The van der Waals surface area contributed by atoms with Crippen molar-refractivity contribution in [2.45, 2.75) is 12.8 Å². The molecule has 0 heterocycles. The lowest BCUT2D eigenvalue weighted by atomic mass is 10.2. The number of nitrogens with one attached hydrogen (secondary N) is 2. The minimum atomic E-state index is -0.452. The van der Waals surface area contributed by atoms with Crippen LogP contribution < -0.4 is 39.3 Å². The van der Waals surface area contributed by atoms with E-state index in [-0.39, 0.29) is 12.8 Å². The maximum absolute atomic E-state index is 12.1. The number of methoxy groups -OCH3 is 6. The molecule has 12 nitrogen and oxygen atoms in total. The van der Waals surface area contributed by atoms with Crippen molar-refractivity contribution in [3.63, 3.8) is 0 Å². The van der Waals surface area contributed by atoms with Crippen LogP contribution in [0.5, 0.6) is 34.5 Å². The Bertz CT molecular complexity index is 1030. The molecule has 0 saturated heterocycles. The van der Waals surface area contributed by atoms with E-state index in [9.17, 15) is 9.59 Å². The van der Waals surface area contributed by atoms with E-state index in [1.807, 2.05) is 0 Å². The molecule has 0 spiro atoms. The molecular weight excluding hydrogens is 472 g/mol. The molecule has 0 aromatic heterocycles. The van der Waals surface area contributed by atoms with E-state index < -0.39 is 11.8 Å². The first-order valence-corrected chi connectivity index (χ1v) is 10.6. The lowest BCUT2D eigenvalue weighted by Gasteiger charge is -2.11. The Kier molecular flexibility index (Phi) is 10.8. The minimum absolute atomic E-state index is 0.0958. The number of carbonyl (C=O) groups is 2. The molecule has 194 valence electrons. The van der Waals surface area contributed by atoms with Gasteiger partial charge in [-0.05, 0) is 12.1 Å². The summed E-state index contributed by atoms with van der Waals surface area (Å²) in [7, 11) is 9.04. The fraction of sp³-hybridized carbons (Fsp3) is 0.333. The number of ether oxygens (including phenoxy) is 6. The fourth-order valence-electron chi connectivity index (χ4n) is 2.99. The summed E-state index contributed by atoms with van der Waals surface area (Å²) >= 11 is 0. The maximum atomic E-state index is 12.1. The monoisotopic (exact) mass is 502 g/mol. The first kappa shape index (κ1) is 27.8. The van der Waals surface area contributed by atoms with Gasteiger partial charge < -0.3 is 28.4 Å². The summed E-state index contributed by atoms with van der Waals surface area (Å²) in [6, 6.07) is 6.60. The van der Waals surface area contributed by atoms with Gasteiger partial charge in [-0.2, -0.15) is 10.2 Å². The number of hydrazone groups is 2. The number of nitrogens with zero attached hydrogens (tertiary/aromatic N) is 2. The largest absolute Gasteiger partial charge is 0.496 e. The van der Waals surface area contributed by atoms with Crippen molar-refractivity contribution >= 4 is 24.2 Å². The Hall–Kier alpha value is -4.48. The zero-order valence-corrected chi connectivity index (χ0v) is 21.0. The van der Waals surface area contributed by atoms with Gasteiger partial charge in [0, 0.05) is 36.1 Å². The van der Waals surface area contributed by atoms with E-state index in [2.05, 4.69) is 21.1 Å². The standard InChI is InChI=1S/C24H30N4O8/c1-31-17-11-21(35-5)19(33-3)9-15(17)13-25-27-23(29)7-8-24(30)28-26-14-16-10-20(34-4)22(36-6)12-18(16)32-2/h9-14H,7-8H2,1-6H3,(H,27,29)(H,28,30). The van der Waals surface area contributed by atoms with E-state index in [1.54, 1.807) is 24.3 Å². The number of hydrogen-bond donors (Lipinski definition) is 2. The quantitative estimate of drug-likeness (QED) is 0.314. The highest BCUT2D eigenvalue weighted by Gasteiger charge is 2.12. The predicted molar refractivity (Wildman–Crippen MR) is 133 cm³/mol. The summed E-state index contributed by atoms with van der Waals surface area (Å²) in [5, 5.41) is 7.82. The molecule has 2 aromatic rings. The first-order chi connectivity index (χ1) is 17.4. The van der Waals surface area contributed by atoms with Gasteiger partial charge in [0.1, 0.15) is 11.5 Å². The number of benzene rings is 2. The third-order valence-electron chi connectivity index (χ3n) is 4.84. The fourth-order valence-corrected chi connectivity index (χ4v) is 2.99. The second kappa shape index (κ2) is 14.0. The van der Waals surface area contributed by atoms with E-state index in [1.165, 1.54) is 55.1 Å². The molecule has 0 saturated carbocycles. The molecule has 2 N–H and O–H groups in total. The molecule has 2 rings (SSSR count). The molecule has 2 amide bonds. The normalized spacial score (nSPS) is 10.7. The van der Waals surface area contributed by atoms with Gasteiger partial charge in [0.2, 0.25) is 11.8 Å². The average molecular weight is 503 g/mol. The molecule has 0 aliphatic heterocycles. The lowest BCUT2D eigenvalue weighted by molar-refractivity contribution is -0.126. The van der Waals surface area contributed by atoms with Gasteiger partial charge in [-0.15, -0.1) is 0 Å². The molecule has 0 aliphatic carbocycles. The van der Waals surface area contributed by atoms with Gasteiger partial charge in [-0.25, -0.2) is 10.9 Å². The average Bonchev–Trinajstić information content (AvgIpc) is 2.90. The SMILES string of the molecule is COc1cc(OC)c(OC)cc1C=NNC(=O)CCC(=O)NN=Cc1cc(OC)c(OC)cc1OC. The highest BCUT2D eigenvalue weighted by Crippen LogP contribution is 2.34. The van der Waals surface area contributed by atoms with Crippen molar-refractivity contribution < 1.29 is 38.0 Å². The molecule has 0 radical (unpaired) electrons. The van der Waals surface area contributed by atoms with Crippen molar-refractivity contribution in [1.82, 2.24) is 10.9 Å². The third kappa shape index (κ3) is 7.52. The second-order valence-electron chi connectivity index (χ2n) is 6.98. The van der Waals surface area contributed by atoms with Crippen molar-refractivity contribution in [3.05, 3.63) is 35.4 Å². The molecule has 0 atom stereocenters. The Morgan fingerprint density at radius 2 is 0.889 bits per heavy atom. The van der Waals surface area contributed by atoms with E-state index >= 15 is 0 Å². The predicted octanol–water partition coefficient (Wildman–Crippen LogP) is 2.12. The highest BCUT2D eigenvalue weighted by molar-refractivity contribution is 5.89. The molecule has 0 aliphatic rings. The van der Waals surface area contributed by atoms with E-state index in [0.29, 0.717) is 45.6 Å². The van der Waals surface area contributed by atoms with Crippen molar-refractivity contribution in [2.75, 3.05) is 42.7 Å². The smallest absolute Gasteiger partial charge is 0.240 e. The van der Waals surface area contributed by atoms with Crippen LogP contribution in [0.4, 0.5) is 0 Å². The summed E-state index contributed by atoms with van der Waals surface area (Å²) < 4.78 is 31.6. The topological polar surface area (TPSA) is 138 Å². The van der Waals surface area contributed by atoms with Gasteiger partial charge >= 0.3 is 0 Å². The highest BCUT2D eigenvalue weighted by atomic mass is 16.5. The van der Waals surface area contributed by atoms with Crippen LogP contribution in [-0.4, -0.2) is 66.9 Å². The van der Waals surface area contributed by atoms with Crippen molar-refractivity contribution in [1.29, 1.82) is 0 Å². The molecule has 0 unspecified atom stereocenters. The summed E-state index contributed by atoms with van der Waals surface area (Å²) in [6.45, 7) is 0. The lowest BCUT2D eigenvalue weighted by Crippen LogP contribution is -2.22. The van der Waals surface area contributed by atoms with Crippen LogP contribution in [0.1, 0.15) is 24.0 Å². The van der Waals surface area contributed by atoms with Gasteiger partial charge in [-0.1, -0.05) is 0 Å².